The largest absolute Gasteiger partial charge is 0.493 e. The molecule has 0 heterocycles. The number of anilines is 1. The number of rotatable bonds is 8. The maximum absolute atomic E-state index is 12.6. The van der Waals surface area contributed by atoms with E-state index in [4.69, 9.17) is 21.1 Å². The molecule has 0 bridgehead atoms. The Labute approximate surface area is 195 Å². The highest BCUT2D eigenvalue weighted by Gasteiger charge is 2.15. The summed E-state index contributed by atoms with van der Waals surface area (Å²) in [7, 11) is 1.48. The van der Waals surface area contributed by atoms with Crippen LogP contribution in [0.2, 0.25) is 5.02 Å². The third kappa shape index (κ3) is 5.91. The Kier molecular flexibility index (Phi) is 7.68. The molecule has 0 saturated carbocycles. The lowest BCUT2D eigenvalue weighted by Crippen LogP contribution is -2.16. The van der Waals surface area contributed by atoms with Crippen molar-refractivity contribution >= 4 is 35.2 Å². The quantitative estimate of drug-likeness (QED) is 0.353. The molecule has 0 spiro atoms. The van der Waals surface area contributed by atoms with Crippen LogP contribution in [0, 0.1) is 11.3 Å². The van der Waals surface area contributed by atoms with Gasteiger partial charge in [0.05, 0.1) is 18.4 Å². The number of hydrogen-bond acceptors (Lipinski definition) is 5. The number of ether oxygens (including phenoxy) is 2. The monoisotopic (exact) mass is 462 g/mol. The number of para-hydroxylation sites is 1. The Balaban J connectivity index is 1.79. The molecular weight excluding hydrogens is 444 g/mol. The van der Waals surface area contributed by atoms with Crippen molar-refractivity contribution in [3.8, 4) is 17.6 Å². The fraction of sp³-hybridized carbons (Fsp3) is 0.0800. The standard InChI is InChI=1S/C25H19ClN2O5/c1-32-23-13-16(10-11-22(23)33-15-17-6-2-4-8-20(17)26)12-18(14-27)24(29)28-21-9-5-3-7-19(21)25(30)31/h2-13H,15H2,1H3,(H,28,29)(H,30,31)/b18-12+. The number of carbonyl (C=O) groups excluding carboxylic acids is 1. The zero-order valence-electron chi connectivity index (χ0n) is 17.5. The number of carboxylic acids is 1. The number of carboxylic acid groups (broad SMARTS) is 1. The Morgan fingerprint density at radius 3 is 2.52 bits per heavy atom. The van der Waals surface area contributed by atoms with Crippen molar-refractivity contribution < 1.29 is 24.2 Å². The van der Waals surface area contributed by atoms with Crippen LogP contribution in [-0.2, 0) is 11.4 Å². The van der Waals surface area contributed by atoms with Crippen LogP contribution in [0.15, 0.2) is 72.3 Å². The second-order valence-electron chi connectivity index (χ2n) is 6.77. The molecule has 0 aliphatic heterocycles. The highest BCUT2D eigenvalue weighted by molar-refractivity contribution is 6.31. The summed E-state index contributed by atoms with van der Waals surface area (Å²) in [5.41, 5.74) is 1.15. The average molecular weight is 463 g/mol. The molecule has 0 aliphatic rings. The van der Waals surface area contributed by atoms with Gasteiger partial charge in [-0.25, -0.2) is 4.79 Å². The summed E-state index contributed by atoms with van der Waals surface area (Å²) in [5, 5.41) is 21.8. The summed E-state index contributed by atoms with van der Waals surface area (Å²) < 4.78 is 11.2. The first-order chi connectivity index (χ1) is 15.9. The second-order valence-corrected chi connectivity index (χ2v) is 7.17. The molecule has 1 amide bonds. The lowest BCUT2D eigenvalue weighted by atomic mass is 10.1. The maximum atomic E-state index is 12.6. The average Bonchev–Trinajstić information content (AvgIpc) is 2.82. The third-order valence-corrected chi connectivity index (χ3v) is 4.98. The molecule has 0 unspecified atom stereocenters. The van der Waals surface area contributed by atoms with Gasteiger partial charge in [0.15, 0.2) is 11.5 Å². The van der Waals surface area contributed by atoms with Gasteiger partial charge in [-0.05, 0) is 42.0 Å². The van der Waals surface area contributed by atoms with E-state index in [1.165, 1.54) is 25.3 Å². The molecule has 0 aromatic heterocycles. The zero-order valence-corrected chi connectivity index (χ0v) is 18.3. The van der Waals surface area contributed by atoms with E-state index in [0.29, 0.717) is 22.1 Å². The summed E-state index contributed by atoms with van der Waals surface area (Å²) in [5.74, 6) is -1.05. The maximum Gasteiger partial charge on any atom is 0.337 e. The molecule has 0 fully saturated rings. The molecule has 2 N–H and O–H groups in total. The van der Waals surface area contributed by atoms with Gasteiger partial charge in [-0.1, -0.05) is 48.0 Å². The molecule has 0 saturated heterocycles. The number of carbonyl (C=O) groups is 2. The van der Waals surface area contributed by atoms with E-state index in [-0.39, 0.29) is 23.4 Å². The molecule has 0 aliphatic carbocycles. The molecule has 166 valence electrons. The van der Waals surface area contributed by atoms with E-state index in [1.807, 2.05) is 24.3 Å². The van der Waals surface area contributed by atoms with Crippen molar-refractivity contribution in [1.29, 1.82) is 5.26 Å². The Morgan fingerprint density at radius 2 is 1.82 bits per heavy atom. The van der Waals surface area contributed by atoms with E-state index in [1.54, 1.807) is 36.4 Å². The highest BCUT2D eigenvalue weighted by Crippen LogP contribution is 2.30. The van der Waals surface area contributed by atoms with E-state index in [9.17, 15) is 20.0 Å². The Bertz CT molecular complexity index is 1260. The summed E-state index contributed by atoms with van der Waals surface area (Å²) in [6.07, 6.45) is 1.37. The highest BCUT2D eigenvalue weighted by atomic mass is 35.5. The van der Waals surface area contributed by atoms with Gasteiger partial charge in [0.25, 0.3) is 5.91 Å². The van der Waals surface area contributed by atoms with Crippen molar-refractivity contribution in [2.24, 2.45) is 0 Å². The first-order valence-electron chi connectivity index (χ1n) is 9.72. The summed E-state index contributed by atoms with van der Waals surface area (Å²) in [4.78, 5) is 23.9. The number of hydrogen-bond donors (Lipinski definition) is 2. The Hall–Kier alpha value is -4.28. The predicted octanol–water partition coefficient (Wildman–Crippen LogP) is 5.17. The summed E-state index contributed by atoms with van der Waals surface area (Å²) >= 11 is 6.16. The molecule has 3 aromatic carbocycles. The fourth-order valence-corrected chi connectivity index (χ4v) is 3.14. The van der Waals surface area contributed by atoms with Crippen LogP contribution in [0.1, 0.15) is 21.5 Å². The van der Waals surface area contributed by atoms with E-state index < -0.39 is 11.9 Å². The number of halogens is 1. The van der Waals surface area contributed by atoms with Crippen LogP contribution < -0.4 is 14.8 Å². The first-order valence-corrected chi connectivity index (χ1v) is 10.1. The first kappa shape index (κ1) is 23.4. The molecular formula is C25H19ClN2O5. The SMILES string of the molecule is COc1cc(/C=C(\C#N)C(=O)Nc2ccccc2C(=O)O)ccc1OCc1ccccc1Cl. The molecule has 0 atom stereocenters. The smallest absolute Gasteiger partial charge is 0.337 e. The lowest BCUT2D eigenvalue weighted by molar-refractivity contribution is -0.112. The van der Waals surface area contributed by atoms with Gasteiger partial charge in [-0.2, -0.15) is 5.26 Å². The van der Waals surface area contributed by atoms with Crippen molar-refractivity contribution in [2.75, 3.05) is 12.4 Å². The van der Waals surface area contributed by atoms with Gasteiger partial charge in [0.2, 0.25) is 0 Å². The Morgan fingerprint density at radius 1 is 1.09 bits per heavy atom. The lowest BCUT2D eigenvalue weighted by Gasteiger charge is -2.12. The third-order valence-electron chi connectivity index (χ3n) is 4.61. The minimum atomic E-state index is -1.19. The van der Waals surface area contributed by atoms with Crippen molar-refractivity contribution in [3.63, 3.8) is 0 Å². The van der Waals surface area contributed by atoms with Gasteiger partial charge in [-0.3, -0.25) is 4.79 Å². The van der Waals surface area contributed by atoms with Crippen molar-refractivity contribution in [1.82, 2.24) is 0 Å². The molecule has 33 heavy (non-hydrogen) atoms. The molecule has 3 rings (SSSR count). The van der Waals surface area contributed by atoms with Crippen LogP contribution in [0.25, 0.3) is 6.08 Å². The minimum absolute atomic E-state index is 0.0789. The minimum Gasteiger partial charge on any atom is -0.493 e. The van der Waals surface area contributed by atoms with Crippen molar-refractivity contribution in [2.45, 2.75) is 6.61 Å². The van der Waals surface area contributed by atoms with Crippen LogP contribution in [0.3, 0.4) is 0 Å². The van der Waals surface area contributed by atoms with Gasteiger partial charge >= 0.3 is 5.97 Å². The van der Waals surface area contributed by atoms with E-state index >= 15 is 0 Å². The number of amides is 1. The number of nitriles is 1. The predicted molar refractivity (Wildman–Crippen MR) is 124 cm³/mol. The van der Waals surface area contributed by atoms with E-state index in [2.05, 4.69) is 5.32 Å². The normalized spacial score (nSPS) is 10.8. The number of nitrogens with zero attached hydrogens (tertiary/aromatic N) is 1. The van der Waals surface area contributed by atoms with Gasteiger partial charge in [0, 0.05) is 10.6 Å². The summed E-state index contributed by atoms with van der Waals surface area (Å²) in [6, 6.07) is 20.0. The fourth-order valence-electron chi connectivity index (χ4n) is 2.95. The number of aromatic carboxylic acids is 1. The topological polar surface area (TPSA) is 109 Å². The van der Waals surface area contributed by atoms with Crippen LogP contribution in [0.5, 0.6) is 11.5 Å². The second kappa shape index (κ2) is 10.8. The molecule has 8 heteroatoms. The number of benzene rings is 3. The van der Waals surface area contributed by atoms with Crippen LogP contribution in [0.4, 0.5) is 5.69 Å². The van der Waals surface area contributed by atoms with Gasteiger partial charge in [-0.15, -0.1) is 0 Å². The van der Waals surface area contributed by atoms with E-state index in [0.717, 1.165) is 5.56 Å². The number of methoxy groups -OCH3 is 1. The van der Waals surface area contributed by atoms with Crippen LogP contribution >= 0.6 is 11.6 Å². The van der Waals surface area contributed by atoms with Crippen LogP contribution in [-0.4, -0.2) is 24.1 Å². The zero-order chi connectivity index (χ0) is 23.8. The molecule has 7 nitrogen and oxygen atoms in total. The van der Waals surface area contributed by atoms with Crippen molar-refractivity contribution in [3.05, 3.63) is 94.0 Å². The molecule has 3 aromatic rings. The van der Waals surface area contributed by atoms with Gasteiger partial charge in [0.1, 0.15) is 18.2 Å². The summed E-state index contributed by atoms with van der Waals surface area (Å²) in [6.45, 7) is 0.236. The molecule has 0 radical (unpaired) electrons. The number of nitrogens with one attached hydrogen (secondary N) is 1. The van der Waals surface area contributed by atoms with Gasteiger partial charge < -0.3 is 19.9 Å².